The molecule has 1 N–H and O–H groups in total. The van der Waals surface area contributed by atoms with Gasteiger partial charge in [-0.2, -0.15) is 5.26 Å². The minimum absolute atomic E-state index is 0.204. The van der Waals surface area contributed by atoms with Crippen molar-refractivity contribution >= 4 is 5.69 Å². The zero-order valence-electron chi connectivity index (χ0n) is 10.4. The van der Waals surface area contributed by atoms with Gasteiger partial charge in [-0.3, -0.25) is 0 Å². The van der Waals surface area contributed by atoms with E-state index in [1.807, 2.05) is 0 Å². The third-order valence-corrected chi connectivity index (χ3v) is 3.52. The van der Waals surface area contributed by atoms with Crippen LogP contribution < -0.4 is 5.32 Å². The number of anilines is 1. The molecule has 0 spiro atoms. The van der Waals surface area contributed by atoms with Gasteiger partial charge in [0, 0.05) is 18.2 Å². The van der Waals surface area contributed by atoms with Crippen molar-refractivity contribution < 1.29 is 13.2 Å². The first-order valence-electron chi connectivity index (χ1n) is 6.42. The van der Waals surface area contributed by atoms with Crippen LogP contribution in [0.4, 0.5) is 18.9 Å². The maximum absolute atomic E-state index is 13.6. The highest BCUT2D eigenvalue weighted by molar-refractivity contribution is 5.46. The quantitative estimate of drug-likeness (QED) is 0.650. The van der Waals surface area contributed by atoms with Crippen LogP contribution in [0.5, 0.6) is 0 Å². The van der Waals surface area contributed by atoms with Crippen molar-refractivity contribution in [3.05, 3.63) is 29.6 Å². The van der Waals surface area contributed by atoms with Gasteiger partial charge in [0.1, 0.15) is 5.82 Å². The number of halogens is 3. The van der Waals surface area contributed by atoms with E-state index in [4.69, 9.17) is 5.26 Å². The summed E-state index contributed by atoms with van der Waals surface area (Å²) < 4.78 is 39.8. The molecule has 1 aliphatic rings. The summed E-state index contributed by atoms with van der Waals surface area (Å²) in [6.07, 6.45) is 4.34. The largest absolute Gasteiger partial charge is 0.378 e. The van der Waals surface area contributed by atoms with Crippen LogP contribution in [0.25, 0.3) is 0 Å². The zero-order valence-corrected chi connectivity index (χ0v) is 10.4. The molecule has 0 aliphatic heterocycles. The molecule has 1 aromatic carbocycles. The Kier molecular flexibility index (Phi) is 4.31. The van der Waals surface area contributed by atoms with Crippen LogP contribution in [0, 0.1) is 34.7 Å². The van der Waals surface area contributed by atoms with E-state index in [1.165, 1.54) is 0 Å². The Labute approximate surface area is 110 Å². The van der Waals surface area contributed by atoms with Gasteiger partial charge in [0.25, 0.3) is 0 Å². The maximum atomic E-state index is 13.6. The summed E-state index contributed by atoms with van der Waals surface area (Å²) in [5.41, 5.74) is -0.204. The van der Waals surface area contributed by atoms with Gasteiger partial charge >= 0.3 is 0 Å². The third kappa shape index (κ3) is 3.19. The van der Waals surface area contributed by atoms with Crippen LogP contribution in [0.2, 0.25) is 0 Å². The van der Waals surface area contributed by atoms with Gasteiger partial charge in [-0.15, -0.1) is 0 Å². The second-order valence-corrected chi connectivity index (χ2v) is 4.87. The summed E-state index contributed by atoms with van der Waals surface area (Å²) in [5, 5.41) is 11.9. The molecule has 1 fully saturated rings. The minimum atomic E-state index is -1.22. The molecule has 2 atom stereocenters. The summed E-state index contributed by atoms with van der Waals surface area (Å²) in [7, 11) is 0. The van der Waals surface area contributed by atoms with E-state index in [9.17, 15) is 13.2 Å². The number of nitriles is 1. The second kappa shape index (κ2) is 5.96. The molecule has 2 unspecified atom stereocenters. The highest BCUT2D eigenvalue weighted by Crippen LogP contribution is 2.28. The molecule has 0 radical (unpaired) electrons. The standard InChI is InChI=1S/C14H15F3N2/c15-10-6-11(16)14(17)13(7-10)19-12-5-3-1-2-4-9(12)8-18/h6-7,9,12,19H,1-5H2. The summed E-state index contributed by atoms with van der Waals surface area (Å²) >= 11 is 0. The zero-order chi connectivity index (χ0) is 13.8. The van der Waals surface area contributed by atoms with Crippen molar-refractivity contribution in [2.45, 2.75) is 38.1 Å². The highest BCUT2D eigenvalue weighted by Gasteiger charge is 2.25. The molecule has 0 heterocycles. The van der Waals surface area contributed by atoms with E-state index >= 15 is 0 Å². The van der Waals surface area contributed by atoms with Gasteiger partial charge in [-0.05, 0) is 12.8 Å². The highest BCUT2D eigenvalue weighted by atomic mass is 19.2. The fraction of sp³-hybridized carbons (Fsp3) is 0.500. The van der Waals surface area contributed by atoms with Gasteiger partial charge in [-0.1, -0.05) is 19.3 Å². The van der Waals surface area contributed by atoms with Crippen LogP contribution in [0.3, 0.4) is 0 Å². The Morgan fingerprint density at radius 1 is 1.11 bits per heavy atom. The minimum Gasteiger partial charge on any atom is -0.378 e. The molecule has 5 heteroatoms. The van der Waals surface area contributed by atoms with Crippen LogP contribution in [0.1, 0.15) is 32.1 Å². The fourth-order valence-electron chi connectivity index (χ4n) is 2.50. The number of nitrogens with zero attached hydrogens (tertiary/aromatic N) is 1. The monoisotopic (exact) mass is 268 g/mol. The predicted octanol–water partition coefficient (Wildman–Crippen LogP) is 3.99. The third-order valence-electron chi connectivity index (χ3n) is 3.52. The Hall–Kier alpha value is -1.70. The van der Waals surface area contributed by atoms with Gasteiger partial charge in [0.2, 0.25) is 0 Å². The normalized spacial score (nSPS) is 23.5. The van der Waals surface area contributed by atoms with E-state index in [1.54, 1.807) is 0 Å². The Bertz CT molecular complexity index is 496. The number of benzene rings is 1. The first kappa shape index (κ1) is 13.7. The summed E-state index contributed by atoms with van der Waals surface area (Å²) in [6.45, 7) is 0. The number of rotatable bonds is 2. The average molecular weight is 268 g/mol. The Morgan fingerprint density at radius 2 is 1.84 bits per heavy atom. The molecule has 0 amide bonds. The van der Waals surface area contributed by atoms with Crippen molar-refractivity contribution in [3.8, 4) is 6.07 Å². The van der Waals surface area contributed by atoms with Crippen molar-refractivity contribution in [1.29, 1.82) is 5.26 Å². The molecule has 0 aromatic heterocycles. The van der Waals surface area contributed by atoms with Crippen molar-refractivity contribution in [3.63, 3.8) is 0 Å². The molecule has 1 aliphatic carbocycles. The summed E-state index contributed by atoms with van der Waals surface area (Å²) in [4.78, 5) is 0. The Balaban J connectivity index is 2.21. The molecule has 19 heavy (non-hydrogen) atoms. The summed E-state index contributed by atoms with van der Waals surface area (Å²) in [6, 6.07) is 3.37. The Morgan fingerprint density at radius 3 is 2.58 bits per heavy atom. The predicted molar refractivity (Wildman–Crippen MR) is 65.9 cm³/mol. The molecule has 102 valence electrons. The lowest BCUT2D eigenvalue weighted by atomic mass is 9.96. The molecular weight excluding hydrogens is 253 g/mol. The molecule has 2 rings (SSSR count). The molecule has 1 aromatic rings. The van der Waals surface area contributed by atoms with Crippen LogP contribution in [0.15, 0.2) is 12.1 Å². The molecule has 0 saturated heterocycles. The van der Waals surface area contributed by atoms with E-state index in [-0.39, 0.29) is 17.6 Å². The van der Waals surface area contributed by atoms with Gasteiger partial charge in [-0.25, -0.2) is 13.2 Å². The van der Waals surface area contributed by atoms with Crippen molar-refractivity contribution in [1.82, 2.24) is 0 Å². The average Bonchev–Trinajstić information content (AvgIpc) is 2.60. The van der Waals surface area contributed by atoms with Crippen LogP contribution >= 0.6 is 0 Å². The lowest BCUT2D eigenvalue weighted by molar-refractivity contribution is 0.483. The van der Waals surface area contributed by atoms with E-state index in [0.717, 1.165) is 31.7 Å². The first-order valence-corrected chi connectivity index (χ1v) is 6.42. The number of hydrogen-bond acceptors (Lipinski definition) is 2. The van der Waals surface area contributed by atoms with Crippen LogP contribution in [-0.4, -0.2) is 6.04 Å². The smallest absolute Gasteiger partial charge is 0.182 e. The molecule has 0 bridgehead atoms. The van der Waals surface area contributed by atoms with Crippen LogP contribution in [-0.2, 0) is 0 Å². The number of nitrogens with one attached hydrogen (secondary N) is 1. The SMILES string of the molecule is N#CC1CCCCCC1Nc1cc(F)cc(F)c1F. The van der Waals surface area contributed by atoms with Crippen molar-refractivity contribution in [2.75, 3.05) is 5.32 Å². The fourth-order valence-corrected chi connectivity index (χ4v) is 2.50. The molecule has 2 nitrogen and oxygen atoms in total. The second-order valence-electron chi connectivity index (χ2n) is 4.87. The van der Waals surface area contributed by atoms with Gasteiger partial charge < -0.3 is 5.32 Å². The van der Waals surface area contributed by atoms with Gasteiger partial charge in [0.15, 0.2) is 11.6 Å². The topological polar surface area (TPSA) is 35.8 Å². The molecule has 1 saturated carbocycles. The van der Waals surface area contributed by atoms with E-state index in [2.05, 4.69) is 11.4 Å². The molecular formula is C14H15F3N2. The summed E-state index contributed by atoms with van der Waals surface area (Å²) in [5.74, 6) is -3.40. The maximum Gasteiger partial charge on any atom is 0.182 e. The van der Waals surface area contributed by atoms with E-state index in [0.29, 0.717) is 12.5 Å². The van der Waals surface area contributed by atoms with Crippen molar-refractivity contribution in [2.24, 2.45) is 5.92 Å². The van der Waals surface area contributed by atoms with E-state index < -0.39 is 17.5 Å². The van der Waals surface area contributed by atoms with Gasteiger partial charge in [0.05, 0.1) is 17.7 Å². The lowest BCUT2D eigenvalue weighted by Gasteiger charge is -2.22. The lowest BCUT2D eigenvalue weighted by Crippen LogP contribution is -2.28. The first-order chi connectivity index (χ1) is 9.11. The number of hydrogen-bond donors (Lipinski definition) is 1.